The molecule has 0 amide bonds. The van der Waals surface area contributed by atoms with Crippen molar-refractivity contribution in [1.82, 2.24) is 4.31 Å². The number of hydrogen-bond donors (Lipinski definition) is 1. The van der Waals surface area contributed by atoms with Gasteiger partial charge in [0.05, 0.1) is 16.5 Å². The van der Waals surface area contributed by atoms with Gasteiger partial charge in [0.2, 0.25) is 10.0 Å². The Morgan fingerprint density at radius 1 is 1.07 bits per heavy atom. The molecule has 4 rings (SSSR count). The lowest BCUT2D eigenvalue weighted by Crippen LogP contribution is -2.39. The summed E-state index contributed by atoms with van der Waals surface area (Å²) >= 11 is 0. The molecule has 0 saturated carbocycles. The van der Waals surface area contributed by atoms with Crippen LogP contribution in [0.25, 0.3) is 0 Å². The second-order valence-electron chi connectivity index (χ2n) is 7.27. The van der Waals surface area contributed by atoms with Gasteiger partial charge in [0.25, 0.3) is 0 Å². The number of benzene rings is 3. The Morgan fingerprint density at radius 3 is 2.50 bits per heavy atom. The van der Waals surface area contributed by atoms with E-state index in [2.05, 4.69) is 11.4 Å². The van der Waals surface area contributed by atoms with Crippen LogP contribution in [0.3, 0.4) is 0 Å². The van der Waals surface area contributed by atoms with Crippen molar-refractivity contribution < 1.29 is 12.8 Å². The van der Waals surface area contributed by atoms with E-state index in [0.717, 1.165) is 16.8 Å². The van der Waals surface area contributed by atoms with Crippen molar-refractivity contribution in [3.8, 4) is 6.07 Å². The normalized spacial score (nSPS) is 16.7. The van der Waals surface area contributed by atoms with Gasteiger partial charge in [0.1, 0.15) is 5.82 Å². The summed E-state index contributed by atoms with van der Waals surface area (Å²) in [4.78, 5) is 0.227. The molecule has 1 unspecified atom stereocenters. The minimum Gasteiger partial charge on any atom is -0.380 e. The summed E-state index contributed by atoms with van der Waals surface area (Å²) in [5.41, 5.74) is 2.93. The Balaban J connectivity index is 1.72. The summed E-state index contributed by atoms with van der Waals surface area (Å²) in [7, 11) is -3.73. The molecular weight excluding hydrogens is 401 g/mol. The molecule has 3 aromatic rings. The molecule has 0 aromatic heterocycles. The number of hydrogen-bond acceptors (Lipinski definition) is 4. The van der Waals surface area contributed by atoms with Gasteiger partial charge >= 0.3 is 0 Å². The lowest BCUT2D eigenvalue weighted by molar-refractivity contribution is 0.393. The molecule has 152 valence electrons. The predicted octanol–water partition coefficient (Wildman–Crippen LogP) is 3.93. The van der Waals surface area contributed by atoms with Gasteiger partial charge in [-0.15, -0.1) is 0 Å². The van der Waals surface area contributed by atoms with E-state index in [1.165, 1.54) is 16.4 Å². The van der Waals surface area contributed by atoms with Gasteiger partial charge in [-0.25, -0.2) is 12.8 Å². The third-order valence-electron chi connectivity index (χ3n) is 5.14. The van der Waals surface area contributed by atoms with Crippen LogP contribution in [0.1, 0.15) is 16.7 Å². The summed E-state index contributed by atoms with van der Waals surface area (Å²) in [5, 5.41) is 12.7. The van der Waals surface area contributed by atoms with E-state index in [1.54, 1.807) is 54.6 Å². The number of anilines is 1. The van der Waals surface area contributed by atoms with Crippen LogP contribution in [0.5, 0.6) is 0 Å². The minimum atomic E-state index is -3.73. The number of sulfonamides is 1. The average Bonchev–Trinajstić information content (AvgIpc) is 2.95. The third-order valence-corrected chi connectivity index (χ3v) is 6.97. The minimum absolute atomic E-state index is 0.162. The molecule has 0 radical (unpaired) electrons. The van der Waals surface area contributed by atoms with Crippen molar-refractivity contribution in [2.45, 2.75) is 23.9 Å². The van der Waals surface area contributed by atoms with E-state index in [0.29, 0.717) is 12.0 Å². The van der Waals surface area contributed by atoms with Crippen LogP contribution in [0.2, 0.25) is 0 Å². The molecule has 1 N–H and O–H groups in total. The van der Waals surface area contributed by atoms with E-state index in [4.69, 9.17) is 0 Å². The number of nitrogens with one attached hydrogen (secondary N) is 1. The first-order valence-electron chi connectivity index (χ1n) is 9.55. The fraction of sp³-hybridized carbons (Fsp3) is 0.174. The zero-order valence-corrected chi connectivity index (χ0v) is 16.9. The van der Waals surface area contributed by atoms with E-state index < -0.39 is 10.0 Å². The Bertz CT molecular complexity index is 1190. The quantitative estimate of drug-likeness (QED) is 0.693. The third kappa shape index (κ3) is 4.20. The van der Waals surface area contributed by atoms with Crippen molar-refractivity contribution in [2.75, 3.05) is 11.9 Å². The van der Waals surface area contributed by atoms with Gasteiger partial charge in [0.15, 0.2) is 0 Å². The van der Waals surface area contributed by atoms with Crippen LogP contribution in [-0.4, -0.2) is 25.3 Å². The molecule has 0 spiro atoms. The van der Waals surface area contributed by atoms with Gasteiger partial charge in [-0.2, -0.15) is 9.57 Å². The highest BCUT2D eigenvalue weighted by molar-refractivity contribution is 7.89. The van der Waals surface area contributed by atoms with Gasteiger partial charge < -0.3 is 5.32 Å². The molecule has 1 aliphatic rings. The molecule has 0 bridgehead atoms. The molecular formula is C23H20FN3O2S. The van der Waals surface area contributed by atoms with Crippen molar-refractivity contribution in [3.05, 3.63) is 95.3 Å². The van der Waals surface area contributed by atoms with E-state index in [9.17, 15) is 18.1 Å². The summed E-state index contributed by atoms with van der Waals surface area (Å²) in [6.45, 7) is 0.403. The molecule has 3 aromatic carbocycles. The van der Waals surface area contributed by atoms with E-state index in [-0.39, 0.29) is 29.8 Å². The molecule has 30 heavy (non-hydrogen) atoms. The maximum absolute atomic E-state index is 13.3. The Hall–Kier alpha value is -3.21. The molecule has 5 nitrogen and oxygen atoms in total. The molecule has 1 aliphatic heterocycles. The standard InChI is InChI=1S/C23H20FN3O2S/c24-20-9-6-17(7-10-20)13-21-16-27(30(28,29)22-4-2-1-3-5-22)15-19-12-18(14-25)8-11-23(19)26-21/h1-12,21,26H,13,15-16H2. The van der Waals surface area contributed by atoms with Crippen molar-refractivity contribution in [2.24, 2.45) is 0 Å². The second kappa shape index (κ2) is 8.27. The summed E-state index contributed by atoms with van der Waals surface area (Å²) in [6, 6.07) is 21.7. The highest BCUT2D eigenvalue weighted by Gasteiger charge is 2.31. The van der Waals surface area contributed by atoms with Gasteiger partial charge in [-0.05, 0) is 60.0 Å². The Kier molecular flexibility index (Phi) is 5.53. The zero-order chi connectivity index (χ0) is 21.1. The van der Waals surface area contributed by atoms with Crippen LogP contribution in [0.4, 0.5) is 10.1 Å². The average molecular weight is 421 g/mol. The first kappa shape index (κ1) is 20.1. The highest BCUT2D eigenvalue weighted by atomic mass is 32.2. The van der Waals surface area contributed by atoms with Crippen LogP contribution < -0.4 is 5.32 Å². The first-order chi connectivity index (χ1) is 14.5. The zero-order valence-electron chi connectivity index (χ0n) is 16.1. The number of rotatable bonds is 4. The van der Waals surface area contributed by atoms with Gasteiger partial charge in [0, 0.05) is 24.8 Å². The predicted molar refractivity (Wildman–Crippen MR) is 113 cm³/mol. The number of nitriles is 1. The fourth-order valence-electron chi connectivity index (χ4n) is 3.65. The maximum Gasteiger partial charge on any atom is 0.243 e. The molecule has 7 heteroatoms. The molecule has 1 atom stereocenters. The van der Waals surface area contributed by atoms with Crippen LogP contribution in [-0.2, 0) is 23.0 Å². The summed E-state index contributed by atoms with van der Waals surface area (Å²) in [6.07, 6.45) is 0.528. The Labute approximate surface area is 175 Å². The lowest BCUT2D eigenvalue weighted by atomic mass is 10.1. The summed E-state index contributed by atoms with van der Waals surface area (Å²) < 4.78 is 41.4. The smallest absolute Gasteiger partial charge is 0.243 e. The molecule has 0 saturated heterocycles. The molecule has 1 heterocycles. The van der Waals surface area contributed by atoms with Crippen molar-refractivity contribution in [3.63, 3.8) is 0 Å². The van der Waals surface area contributed by atoms with E-state index >= 15 is 0 Å². The van der Waals surface area contributed by atoms with Crippen LogP contribution >= 0.6 is 0 Å². The van der Waals surface area contributed by atoms with E-state index in [1.807, 2.05) is 6.07 Å². The fourth-order valence-corrected chi connectivity index (χ4v) is 5.13. The topological polar surface area (TPSA) is 73.2 Å². The maximum atomic E-state index is 13.3. The highest BCUT2D eigenvalue weighted by Crippen LogP contribution is 2.28. The Morgan fingerprint density at radius 2 is 1.80 bits per heavy atom. The molecule has 0 aliphatic carbocycles. The van der Waals surface area contributed by atoms with Crippen molar-refractivity contribution in [1.29, 1.82) is 5.26 Å². The van der Waals surface area contributed by atoms with Gasteiger partial charge in [-0.1, -0.05) is 30.3 Å². The largest absolute Gasteiger partial charge is 0.380 e. The number of fused-ring (bicyclic) bond motifs is 1. The summed E-state index contributed by atoms with van der Waals surface area (Å²) in [5.74, 6) is -0.310. The lowest BCUT2D eigenvalue weighted by Gasteiger charge is -2.24. The SMILES string of the molecule is N#Cc1ccc2c(c1)CN(S(=O)(=O)c1ccccc1)CC(Cc1ccc(F)cc1)N2. The monoisotopic (exact) mass is 421 g/mol. The van der Waals surface area contributed by atoms with Crippen LogP contribution in [0, 0.1) is 17.1 Å². The van der Waals surface area contributed by atoms with Crippen molar-refractivity contribution >= 4 is 15.7 Å². The first-order valence-corrected chi connectivity index (χ1v) is 11.0. The second-order valence-corrected chi connectivity index (χ2v) is 9.20. The number of nitrogens with zero attached hydrogens (tertiary/aromatic N) is 2. The number of halogens is 1. The molecule has 0 fully saturated rings. The van der Waals surface area contributed by atoms with Crippen LogP contribution in [0.15, 0.2) is 77.7 Å². The van der Waals surface area contributed by atoms with Gasteiger partial charge in [-0.3, -0.25) is 0 Å².